The number of rotatable bonds is 5. The highest BCUT2D eigenvalue weighted by Gasteiger charge is 2.19. The van der Waals surface area contributed by atoms with E-state index in [4.69, 9.17) is 16.3 Å². The summed E-state index contributed by atoms with van der Waals surface area (Å²) in [4.78, 5) is 4.64. The molecule has 1 fully saturated rings. The first-order valence-electron chi connectivity index (χ1n) is 8.04. The number of ether oxygens (including phenoxy) is 1. The Kier molecular flexibility index (Phi) is 6.90. The number of hydrogen-bond donors (Lipinski definition) is 1. The van der Waals surface area contributed by atoms with E-state index in [0.717, 1.165) is 45.0 Å². The van der Waals surface area contributed by atoms with E-state index in [1.54, 1.807) is 18.2 Å². The van der Waals surface area contributed by atoms with Gasteiger partial charge in [-0.25, -0.2) is 0 Å². The van der Waals surface area contributed by atoms with Gasteiger partial charge in [-0.3, -0.25) is 4.90 Å². The molecule has 1 aromatic carbocycles. The van der Waals surface area contributed by atoms with Crippen LogP contribution < -0.4 is 0 Å². The molecule has 1 aliphatic rings. The second-order valence-electron chi connectivity index (χ2n) is 6.63. The minimum atomic E-state index is 0.262. The number of halogens is 1. The normalized spacial score (nSPS) is 20.7. The first kappa shape index (κ1) is 18.3. The fourth-order valence-corrected chi connectivity index (χ4v) is 3.21. The van der Waals surface area contributed by atoms with Crippen molar-refractivity contribution in [3.05, 3.63) is 34.4 Å². The van der Waals surface area contributed by atoms with Crippen molar-refractivity contribution in [3.8, 4) is 5.75 Å². The van der Waals surface area contributed by atoms with Crippen molar-refractivity contribution in [2.75, 3.05) is 53.5 Å². The van der Waals surface area contributed by atoms with E-state index in [9.17, 15) is 5.11 Å². The molecule has 1 saturated heterocycles. The fraction of sp³-hybridized carbons (Fsp3) is 0.556. The number of benzene rings is 1. The van der Waals surface area contributed by atoms with Gasteiger partial charge in [0.25, 0.3) is 0 Å². The first-order valence-corrected chi connectivity index (χ1v) is 8.42. The van der Waals surface area contributed by atoms with E-state index in [-0.39, 0.29) is 5.75 Å². The molecule has 0 aromatic heterocycles. The van der Waals surface area contributed by atoms with Crippen molar-refractivity contribution in [1.82, 2.24) is 9.80 Å². The Morgan fingerprint density at radius 3 is 3.00 bits per heavy atom. The summed E-state index contributed by atoms with van der Waals surface area (Å²) in [5.41, 5.74) is 1.97. The molecule has 4 nitrogen and oxygen atoms in total. The molecule has 0 radical (unpaired) electrons. The van der Waals surface area contributed by atoms with Crippen molar-refractivity contribution in [2.24, 2.45) is 5.92 Å². The summed E-state index contributed by atoms with van der Waals surface area (Å²) in [5.74, 6) is 0.790. The van der Waals surface area contributed by atoms with Crippen LogP contribution in [0.2, 0.25) is 5.02 Å². The van der Waals surface area contributed by atoms with Crippen LogP contribution in [0.15, 0.2) is 23.8 Å². The largest absolute Gasteiger partial charge is 0.507 e. The van der Waals surface area contributed by atoms with Crippen LogP contribution >= 0.6 is 11.6 Å². The number of nitrogens with zero attached hydrogens (tertiary/aromatic N) is 2. The third-order valence-electron chi connectivity index (χ3n) is 3.91. The maximum Gasteiger partial charge on any atom is 0.122 e. The average Bonchev–Trinajstić information content (AvgIpc) is 2.67. The third kappa shape index (κ3) is 6.15. The van der Waals surface area contributed by atoms with E-state index in [0.29, 0.717) is 10.9 Å². The lowest BCUT2D eigenvalue weighted by Gasteiger charge is -2.25. The number of hydrogen-bond acceptors (Lipinski definition) is 4. The molecular formula is C18H27ClN2O2. The lowest BCUT2D eigenvalue weighted by atomic mass is 10.1. The topological polar surface area (TPSA) is 35.9 Å². The smallest absolute Gasteiger partial charge is 0.122 e. The SMILES string of the molecule is C/C(=C\c1cc(Cl)ccc1O)CN1CCOC[C@H](CN(C)C)C1. The van der Waals surface area contributed by atoms with Crippen LogP contribution in [0.1, 0.15) is 12.5 Å². The summed E-state index contributed by atoms with van der Waals surface area (Å²) in [6, 6.07) is 5.12. The van der Waals surface area contributed by atoms with Crippen LogP contribution in [0.25, 0.3) is 6.08 Å². The molecule has 0 unspecified atom stereocenters. The molecule has 5 heteroatoms. The molecule has 128 valence electrons. The summed E-state index contributed by atoms with van der Waals surface area (Å²) in [5, 5.41) is 10.6. The summed E-state index contributed by atoms with van der Waals surface area (Å²) in [6.07, 6.45) is 2.01. The number of phenolic OH excluding ortho intramolecular Hbond substituents is 1. The lowest BCUT2D eigenvalue weighted by molar-refractivity contribution is 0.112. The minimum Gasteiger partial charge on any atom is -0.507 e. The standard InChI is InChI=1S/C18H27ClN2O2/c1-14(8-16-9-17(19)4-5-18(16)22)10-21-6-7-23-13-15(12-21)11-20(2)3/h4-5,8-9,15,22H,6-7,10-13H2,1-3H3/b14-8+/t15-/m1/s1. The molecule has 1 aliphatic heterocycles. The molecule has 1 atom stereocenters. The van der Waals surface area contributed by atoms with Crippen molar-refractivity contribution in [3.63, 3.8) is 0 Å². The monoisotopic (exact) mass is 338 g/mol. The summed E-state index contributed by atoms with van der Waals surface area (Å²) >= 11 is 6.01. The van der Waals surface area contributed by atoms with Gasteiger partial charge in [-0.2, -0.15) is 0 Å². The molecule has 0 bridgehead atoms. The molecule has 0 aliphatic carbocycles. The highest BCUT2D eigenvalue weighted by atomic mass is 35.5. The average molecular weight is 339 g/mol. The molecule has 1 N–H and O–H groups in total. The predicted octanol–water partition coefficient (Wildman–Crippen LogP) is 2.96. The van der Waals surface area contributed by atoms with Gasteiger partial charge in [0.1, 0.15) is 5.75 Å². The first-order chi connectivity index (χ1) is 10.9. The number of aromatic hydroxyl groups is 1. The Bertz CT molecular complexity index is 546. The molecular weight excluding hydrogens is 312 g/mol. The van der Waals surface area contributed by atoms with Crippen LogP contribution in [-0.4, -0.2) is 68.4 Å². The van der Waals surface area contributed by atoms with Gasteiger partial charge in [0.05, 0.1) is 13.2 Å². The second-order valence-corrected chi connectivity index (χ2v) is 7.07. The Labute approximate surface area is 144 Å². The lowest BCUT2D eigenvalue weighted by Crippen LogP contribution is -2.35. The maximum atomic E-state index is 9.93. The maximum absolute atomic E-state index is 9.93. The fourth-order valence-electron chi connectivity index (χ4n) is 3.03. The van der Waals surface area contributed by atoms with E-state index < -0.39 is 0 Å². The Morgan fingerprint density at radius 1 is 1.48 bits per heavy atom. The van der Waals surface area contributed by atoms with Gasteiger partial charge in [0.2, 0.25) is 0 Å². The Hall–Kier alpha value is -1.07. The molecule has 1 heterocycles. The van der Waals surface area contributed by atoms with Crippen molar-refractivity contribution in [2.45, 2.75) is 6.92 Å². The predicted molar refractivity (Wildman–Crippen MR) is 96.1 cm³/mol. The van der Waals surface area contributed by atoms with Gasteiger partial charge in [-0.1, -0.05) is 23.3 Å². The van der Waals surface area contributed by atoms with Crippen LogP contribution in [0.5, 0.6) is 5.75 Å². The van der Waals surface area contributed by atoms with E-state index >= 15 is 0 Å². The minimum absolute atomic E-state index is 0.262. The van der Waals surface area contributed by atoms with E-state index in [1.807, 2.05) is 6.08 Å². The molecule has 1 aromatic rings. The Balaban J connectivity index is 2.01. The van der Waals surface area contributed by atoms with Crippen LogP contribution in [-0.2, 0) is 4.74 Å². The molecule has 2 rings (SSSR count). The van der Waals surface area contributed by atoms with Gasteiger partial charge in [-0.15, -0.1) is 0 Å². The third-order valence-corrected chi connectivity index (χ3v) is 4.14. The second kappa shape index (κ2) is 8.69. The Morgan fingerprint density at radius 2 is 2.26 bits per heavy atom. The van der Waals surface area contributed by atoms with Crippen LogP contribution in [0.3, 0.4) is 0 Å². The quantitative estimate of drug-likeness (QED) is 0.895. The van der Waals surface area contributed by atoms with Crippen LogP contribution in [0.4, 0.5) is 0 Å². The zero-order chi connectivity index (χ0) is 16.8. The highest BCUT2D eigenvalue weighted by molar-refractivity contribution is 6.30. The summed E-state index contributed by atoms with van der Waals surface area (Å²) < 4.78 is 5.73. The highest BCUT2D eigenvalue weighted by Crippen LogP contribution is 2.24. The van der Waals surface area contributed by atoms with Gasteiger partial charge in [-0.05, 0) is 39.2 Å². The zero-order valence-electron chi connectivity index (χ0n) is 14.3. The van der Waals surface area contributed by atoms with Gasteiger partial charge in [0.15, 0.2) is 0 Å². The van der Waals surface area contributed by atoms with Gasteiger partial charge >= 0.3 is 0 Å². The molecule has 0 amide bonds. The summed E-state index contributed by atoms with van der Waals surface area (Å²) in [7, 11) is 4.20. The van der Waals surface area contributed by atoms with E-state index in [2.05, 4.69) is 30.8 Å². The van der Waals surface area contributed by atoms with Gasteiger partial charge < -0.3 is 14.7 Å². The molecule has 23 heavy (non-hydrogen) atoms. The van der Waals surface area contributed by atoms with Gasteiger partial charge in [0, 0.05) is 42.7 Å². The van der Waals surface area contributed by atoms with Crippen LogP contribution in [0, 0.1) is 5.92 Å². The van der Waals surface area contributed by atoms with Crippen molar-refractivity contribution < 1.29 is 9.84 Å². The molecule has 0 saturated carbocycles. The zero-order valence-corrected chi connectivity index (χ0v) is 15.0. The van der Waals surface area contributed by atoms with Crippen molar-refractivity contribution >= 4 is 17.7 Å². The number of phenols is 1. The summed E-state index contributed by atoms with van der Waals surface area (Å²) in [6.45, 7) is 7.58. The van der Waals surface area contributed by atoms with E-state index in [1.165, 1.54) is 5.57 Å². The van der Waals surface area contributed by atoms with Crippen molar-refractivity contribution in [1.29, 1.82) is 0 Å². The molecule has 0 spiro atoms.